The van der Waals surface area contributed by atoms with Crippen molar-refractivity contribution in [1.29, 1.82) is 0 Å². The van der Waals surface area contributed by atoms with Crippen molar-refractivity contribution in [2.45, 2.75) is 20.8 Å². The van der Waals surface area contributed by atoms with E-state index in [0.717, 1.165) is 11.3 Å². The smallest absolute Gasteiger partial charge is 0.0878 e. The molecule has 0 saturated carbocycles. The van der Waals surface area contributed by atoms with Gasteiger partial charge in [0.05, 0.1) is 11.9 Å². The molecule has 0 amide bonds. The van der Waals surface area contributed by atoms with Gasteiger partial charge in [-0.2, -0.15) is 0 Å². The minimum absolute atomic E-state index is 0.825. The normalized spacial score (nSPS) is 17.8. The second-order valence-corrected chi connectivity index (χ2v) is 2.12. The third-order valence-electron chi connectivity index (χ3n) is 1.25. The van der Waals surface area contributed by atoms with Crippen molar-refractivity contribution in [2.75, 3.05) is 0 Å². The Balaban J connectivity index is 0.000000671. The fourth-order valence-corrected chi connectivity index (χ4v) is 0.686. The minimum atomic E-state index is 0.825. The maximum absolute atomic E-state index is 4.12. The van der Waals surface area contributed by atoms with E-state index in [0.29, 0.717) is 0 Å². The zero-order valence-electron chi connectivity index (χ0n) is 8.49. The lowest BCUT2D eigenvalue weighted by Gasteiger charge is -2.00. The first-order chi connectivity index (χ1) is 6.34. The quantitative estimate of drug-likeness (QED) is 0.586. The molecule has 0 N–H and O–H groups in total. The van der Waals surface area contributed by atoms with Gasteiger partial charge in [0.25, 0.3) is 0 Å². The fraction of sp³-hybridized carbons (Fsp3) is 0.273. The summed E-state index contributed by atoms with van der Waals surface area (Å²) in [5.74, 6) is 0. The van der Waals surface area contributed by atoms with Crippen molar-refractivity contribution in [3.63, 3.8) is 0 Å². The molecule has 1 aliphatic rings. The summed E-state index contributed by atoms with van der Waals surface area (Å²) >= 11 is 0. The van der Waals surface area contributed by atoms with Gasteiger partial charge in [0.1, 0.15) is 0 Å². The molecule has 1 heterocycles. The van der Waals surface area contributed by atoms with Crippen molar-refractivity contribution in [3.05, 3.63) is 36.7 Å². The predicted molar refractivity (Wildman–Crippen MR) is 60.4 cm³/mol. The molecule has 1 rings (SSSR count). The highest BCUT2D eigenvalue weighted by Gasteiger charge is 1.99. The summed E-state index contributed by atoms with van der Waals surface area (Å²) in [6.07, 6.45) is 8.83. The highest BCUT2D eigenvalue weighted by molar-refractivity contribution is 6.39. The van der Waals surface area contributed by atoms with E-state index in [-0.39, 0.29) is 0 Å². The molecule has 13 heavy (non-hydrogen) atoms. The monoisotopic (exact) mass is 176 g/mol. The Labute approximate surface area is 80.1 Å². The minimum Gasteiger partial charge on any atom is -0.262 e. The first kappa shape index (κ1) is 11.6. The molecule has 0 aromatic heterocycles. The van der Waals surface area contributed by atoms with E-state index in [9.17, 15) is 0 Å². The van der Waals surface area contributed by atoms with Crippen molar-refractivity contribution in [1.82, 2.24) is 0 Å². The molecular weight excluding hydrogens is 160 g/mol. The fourth-order valence-electron chi connectivity index (χ4n) is 0.686. The second-order valence-electron chi connectivity index (χ2n) is 2.12. The van der Waals surface area contributed by atoms with Crippen molar-refractivity contribution in [3.8, 4) is 0 Å². The van der Waals surface area contributed by atoms with E-state index in [4.69, 9.17) is 0 Å². The number of allylic oxidation sites excluding steroid dienone is 3. The molecule has 0 radical (unpaired) electrons. The van der Waals surface area contributed by atoms with Crippen molar-refractivity contribution in [2.24, 2.45) is 9.98 Å². The molecule has 0 saturated heterocycles. The largest absolute Gasteiger partial charge is 0.262 e. The van der Waals surface area contributed by atoms with Gasteiger partial charge < -0.3 is 0 Å². The summed E-state index contributed by atoms with van der Waals surface area (Å²) < 4.78 is 0. The van der Waals surface area contributed by atoms with Gasteiger partial charge >= 0.3 is 0 Å². The van der Waals surface area contributed by atoms with Crippen LogP contribution in [0.2, 0.25) is 0 Å². The van der Waals surface area contributed by atoms with E-state index in [1.807, 2.05) is 32.9 Å². The lowest BCUT2D eigenvalue weighted by Crippen LogP contribution is -2.03. The number of hydrogen-bond donors (Lipinski definition) is 0. The van der Waals surface area contributed by atoms with Crippen LogP contribution >= 0.6 is 0 Å². The molecule has 0 fully saturated rings. The van der Waals surface area contributed by atoms with E-state index < -0.39 is 0 Å². The molecule has 0 spiro atoms. The van der Waals surface area contributed by atoms with Gasteiger partial charge in [-0.25, -0.2) is 0 Å². The zero-order chi connectivity index (χ0) is 10.1. The van der Waals surface area contributed by atoms with Gasteiger partial charge in [-0.3, -0.25) is 9.98 Å². The Hall–Kier alpha value is -1.44. The number of aliphatic imine (C=N–C) groups is 2. The average molecular weight is 176 g/mol. The first-order valence-corrected chi connectivity index (χ1v) is 4.42. The van der Waals surface area contributed by atoms with Crippen LogP contribution in [0.3, 0.4) is 0 Å². The molecule has 0 aromatic carbocycles. The first-order valence-electron chi connectivity index (χ1n) is 4.42. The standard InChI is InChI=1S/C9H10N2.C2H6/c1-3-5-11-9-7-10-6-4-8(9)2;1-2/h3-7H,2H2,1H3;1-2H3/b5-3-,11-9?;. The van der Waals surface area contributed by atoms with Crippen LogP contribution in [-0.2, 0) is 0 Å². The Morgan fingerprint density at radius 3 is 2.69 bits per heavy atom. The van der Waals surface area contributed by atoms with Crippen LogP contribution in [0.15, 0.2) is 46.7 Å². The molecule has 0 aliphatic carbocycles. The molecule has 1 aliphatic heterocycles. The maximum atomic E-state index is 4.12. The predicted octanol–water partition coefficient (Wildman–Crippen LogP) is 3.14. The van der Waals surface area contributed by atoms with Crippen LogP contribution in [0.4, 0.5) is 0 Å². The lowest BCUT2D eigenvalue weighted by molar-refractivity contribution is 1.49. The number of hydrogen-bond acceptors (Lipinski definition) is 2. The van der Waals surface area contributed by atoms with Gasteiger partial charge in [0, 0.05) is 12.4 Å². The Morgan fingerprint density at radius 1 is 1.46 bits per heavy atom. The van der Waals surface area contributed by atoms with E-state index in [2.05, 4.69) is 16.6 Å². The van der Waals surface area contributed by atoms with Crippen LogP contribution in [-0.4, -0.2) is 11.9 Å². The van der Waals surface area contributed by atoms with Gasteiger partial charge in [0.15, 0.2) is 0 Å². The van der Waals surface area contributed by atoms with Gasteiger partial charge in [-0.05, 0) is 18.6 Å². The molecular formula is C11H16N2. The number of nitrogens with zero attached hydrogens (tertiary/aromatic N) is 2. The summed E-state index contributed by atoms with van der Waals surface area (Å²) in [7, 11) is 0. The van der Waals surface area contributed by atoms with Crippen LogP contribution in [0, 0.1) is 0 Å². The topological polar surface area (TPSA) is 24.7 Å². The van der Waals surface area contributed by atoms with Crippen molar-refractivity contribution < 1.29 is 0 Å². The summed E-state index contributed by atoms with van der Waals surface area (Å²) in [6, 6.07) is 0. The highest BCUT2D eigenvalue weighted by atomic mass is 14.8. The van der Waals surface area contributed by atoms with Gasteiger partial charge in [0.2, 0.25) is 0 Å². The molecule has 2 heteroatoms. The van der Waals surface area contributed by atoms with E-state index in [1.54, 1.807) is 18.6 Å². The molecule has 0 atom stereocenters. The third kappa shape index (κ3) is 4.21. The molecule has 0 unspecified atom stereocenters. The van der Waals surface area contributed by atoms with Gasteiger partial charge in [-0.1, -0.05) is 26.5 Å². The van der Waals surface area contributed by atoms with Crippen LogP contribution in [0.5, 0.6) is 0 Å². The Morgan fingerprint density at radius 2 is 2.15 bits per heavy atom. The molecule has 70 valence electrons. The average Bonchev–Trinajstić information content (AvgIpc) is 2.20. The summed E-state index contributed by atoms with van der Waals surface area (Å²) in [5, 5.41) is 0. The Kier molecular flexibility index (Phi) is 6.42. The summed E-state index contributed by atoms with van der Waals surface area (Å²) in [5.41, 5.74) is 1.73. The van der Waals surface area contributed by atoms with Crippen LogP contribution in [0.1, 0.15) is 20.8 Å². The van der Waals surface area contributed by atoms with E-state index in [1.165, 1.54) is 0 Å². The molecule has 0 aromatic rings. The summed E-state index contributed by atoms with van der Waals surface area (Å²) in [6.45, 7) is 9.73. The molecule has 0 bridgehead atoms. The third-order valence-corrected chi connectivity index (χ3v) is 1.25. The van der Waals surface area contributed by atoms with Crippen LogP contribution in [0.25, 0.3) is 0 Å². The van der Waals surface area contributed by atoms with Gasteiger partial charge in [-0.15, -0.1) is 0 Å². The lowest BCUT2D eigenvalue weighted by atomic mass is 10.1. The molecule has 2 nitrogen and oxygen atoms in total. The maximum Gasteiger partial charge on any atom is 0.0878 e. The summed E-state index contributed by atoms with van der Waals surface area (Å²) in [4.78, 5) is 8.05. The zero-order valence-corrected chi connectivity index (χ0v) is 8.49. The SMILES string of the molecule is C=C1C=CN=CC1=N/C=C\C.CC. The number of rotatable bonds is 1. The highest BCUT2D eigenvalue weighted by Crippen LogP contribution is 2.01. The van der Waals surface area contributed by atoms with Crippen LogP contribution < -0.4 is 0 Å². The second kappa shape index (κ2) is 7.22. The van der Waals surface area contributed by atoms with Crippen molar-refractivity contribution >= 4 is 11.9 Å². The van der Waals surface area contributed by atoms with E-state index >= 15 is 0 Å². The Bertz CT molecular complexity index is 268.